The van der Waals surface area contributed by atoms with Gasteiger partial charge in [-0.05, 0) is 63.8 Å². The molecular formula is C22H23F3N2O4. The van der Waals surface area contributed by atoms with E-state index >= 15 is 0 Å². The normalized spacial score (nSPS) is 18.8. The molecule has 2 aromatic rings. The number of aromatic nitrogens is 1. The van der Waals surface area contributed by atoms with Crippen LogP contribution in [0.4, 0.5) is 13.2 Å². The van der Waals surface area contributed by atoms with Gasteiger partial charge in [0.2, 0.25) is 0 Å². The summed E-state index contributed by atoms with van der Waals surface area (Å²) in [4.78, 5) is 25.0. The number of alkyl halides is 3. The predicted octanol–water partition coefficient (Wildman–Crippen LogP) is 4.46. The summed E-state index contributed by atoms with van der Waals surface area (Å²) in [5.74, 6) is -1.04. The smallest absolute Gasteiger partial charge is 0.462 e. The molecule has 2 aliphatic rings. The minimum Gasteiger partial charge on any atom is -0.462 e. The first-order chi connectivity index (χ1) is 14.4. The summed E-state index contributed by atoms with van der Waals surface area (Å²) in [5, 5.41) is 2.08. The molecule has 1 saturated heterocycles. The first-order valence-electron chi connectivity index (χ1n) is 10.1. The van der Waals surface area contributed by atoms with Crippen molar-refractivity contribution in [2.24, 2.45) is 0 Å². The van der Waals surface area contributed by atoms with Gasteiger partial charge in [0.05, 0.1) is 23.9 Å². The van der Waals surface area contributed by atoms with E-state index < -0.39 is 17.8 Å². The number of aryl methyl sites for hydroxylation is 1. The fourth-order valence-corrected chi connectivity index (χ4v) is 4.59. The summed E-state index contributed by atoms with van der Waals surface area (Å²) in [6.45, 7) is 7.44. The number of pyridine rings is 1. The van der Waals surface area contributed by atoms with Crippen LogP contribution in [-0.2, 0) is 4.74 Å². The third kappa shape index (κ3) is 3.55. The van der Waals surface area contributed by atoms with Crippen molar-refractivity contribution < 1.29 is 27.4 Å². The van der Waals surface area contributed by atoms with Gasteiger partial charge < -0.3 is 9.47 Å². The summed E-state index contributed by atoms with van der Waals surface area (Å²) < 4.78 is 49.7. The largest absolute Gasteiger partial charge is 0.573 e. The topological polar surface area (TPSA) is 60.8 Å². The summed E-state index contributed by atoms with van der Waals surface area (Å²) in [6.07, 6.45) is -1.79. The number of ether oxygens (including phenoxy) is 2. The average Bonchev–Trinajstić information content (AvgIpc) is 2.97. The van der Waals surface area contributed by atoms with Crippen molar-refractivity contribution in [2.45, 2.75) is 58.5 Å². The lowest BCUT2D eigenvalue weighted by atomic mass is 9.92. The maximum absolute atomic E-state index is 12.9. The van der Waals surface area contributed by atoms with Crippen molar-refractivity contribution >= 4 is 5.97 Å². The molecule has 1 atom stereocenters. The minimum atomic E-state index is -4.83. The lowest BCUT2D eigenvalue weighted by molar-refractivity contribution is -0.274. The Labute approximate surface area is 177 Å². The van der Waals surface area contributed by atoms with Crippen molar-refractivity contribution in [1.82, 2.24) is 4.68 Å². The number of halogens is 3. The van der Waals surface area contributed by atoms with Crippen LogP contribution in [0.2, 0.25) is 0 Å². The van der Waals surface area contributed by atoms with Crippen LogP contribution in [0.5, 0.6) is 5.75 Å². The van der Waals surface area contributed by atoms with Crippen molar-refractivity contribution in [2.75, 3.05) is 11.6 Å². The Balaban J connectivity index is 1.97. The van der Waals surface area contributed by atoms with E-state index in [0.29, 0.717) is 16.8 Å². The van der Waals surface area contributed by atoms with Gasteiger partial charge in [0.25, 0.3) is 0 Å². The lowest BCUT2D eigenvalue weighted by Crippen LogP contribution is -2.50. The second kappa shape index (κ2) is 7.03. The van der Waals surface area contributed by atoms with Crippen LogP contribution in [0.15, 0.2) is 29.2 Å². The number of carbonyl (C=O) groups excluding carboxylic acids is 1. The van der Waals surface area contributed by atoms with Gasteiger partial charge in [-0.1, -0.05) is 0 Å². The van der Waals surface area contributed by atoms with Gasteiger partial charge in [-0.3, -0.25) is 14.5 Å². The molecule has 0 amide bonds. The van der Waals surface area contributed by atoms with Gasteiger partial charge in [-0.2, -0.15) is 0 Å². The number of esters is 1. The molecule has 166 valence electrons. The number of rotatable bonds is 3. The van der Waals surface area contributed by atoms with Crippen LogP contribution >= 0.6 is 0 Å². The highest BCUT2D eigenvalue weighted by Crippen LogP contribution is 2.49. The number of fused-ring (bicyclic) bond motifs is 6. The first-order valence-corrected chi connectivity index (χ1v) is 10.1. The van der Waals surface area contributed by atoms with E-state index in [9.17, 15) is 22.8 Å². The fraction of sp³-hybridized carbons (Fsp3) is 0.455. The van der Waals surface area contributed by atoms with Crippen molar-refractivity contribution in [3.8, 4) is 17.0 Å². The molecule has 6 nitrogen and oxygen atoms in total. The number of benzene rings is 1. The molecule has 0 N–H and O–H groups in total. The van der Waals surface area contributed by atoms with Gasteiger partial charge in [0.1, 0.15) is 11.3 Å². The molecule has 1 fully saturated rings. The summed E-state index contributed by atoms with van der Waals surface area (Å²) >= 11 is 0. The Morgan fingerprint density at radius 1 is 1.26 bits per heavy atom. The fourth-order valence-electron chi connectivity index (χ4n) is 4.59. The van der Waals surface area contributed by atoms with E-state index in [1.807, 2.05) is 0 Å². The van der Waals surface area contributed by atoms with E-state index in [4.69, 9.17) is 4.74 Å². The monoisotopic (exact) mass is 436 g/mol. The van der Waals surface area contributed by atoms with Crippen LogP contribution in [-0.4, -0.2) is 29.2 Å². The maximum Gasteiger partial charge on any atom is 0.573 e. The number of hydrogen-bond acceptors (Lipinski definition) is 5. The molecule has 2 aliphatic heterocycles. The minimum absolute atomic E-state index is 0.116. The van der Waals surface area contributed by atoms with Crippen molar-refractivity contribution in [3.05, 3.63) is 51.3 Å². The average molecular weight is 436 g/mol. The lowest BCUT2D eigenvalue weighted by Gasteiger charge is -2.44. The number of hydrogen-bond donors (Lipinski definition) is 0. The Morgan fingerprint density at radius 3 is 2.61 bits per heavy atom. The molecule has 1 aromatic heterocycles. The van der Waals surface area contributed by atoms with Gasteiger partial charge in [0.15, 0.2) is 5.43 Å². The van der Waals surface area contributed by atoms with E-state index in [-0.39, 0.29) is 29.5 Å². The van der Waals surface area contributed by atoms with Gasteiger partial charge >= 0.3 is 12.3 Å². The number of nitrogens with zero attached hydrogens (tertiary/aromatic N) is 2. The van der Waals surface area contributed by atoms with E-state index in [1.54, 1.807) is 24.6 Å². The zero-order valence-corrected chi connectivity index (χ0v) is 17.7. The zero-order valence-electron chi connectivity index (χ0n) is 17.7. The maximum atomic E-state index is 12.9. The molecule has 0 spiro atoms. The summed E-state index contributed by atoms with van der Waals surface area (Å²) in [5.41, 5.74) is 1.12. The quantitative estimate of drug-likeness (QED) is 0.665. The second-order valence-electron chi connectivity index (χ2n) is 8.47. The van der Waals surface area contributed by atoms with E-state index in [1.165, 1.54) is 18.3 Å². The van der Waals surface area contributed by atoms with Gasteiger partial charge in [-0.15, -0.1) is 13.2 Å². The van der Waals surface area contributed by atoms with Crippen LogP contribution < -0.4 is 15.2 Å². The van der Waals surface area contributed by atoms with Crippen LogP contribution in [0.3, 0.4) is 0 Å². The van der Waals surface area contributed by atoms with Gasteiger partial charge in [-0.25, -0.2) is 4.79 Å². The third-order valence-corrected chi connectivity index (χ3v) is 5.91. The highest BCUT2D eigenvalue weighted by molar-refractivity contribution is 5.89. The third-order valence-electron chi connectivity index (χ3n) is 5.91. The Bertz CT molecular complexity index is 1120. The second-order valence-corrected chi connectivity index (χ2v) is 8.47. The van der Waals surface area contributed by atoms with Crippen molar-refractivity contribution in [3.63, 3.8) is 0 Å². The molecular weight excluding hydrogens is 413 g/mol. The van der Waals surface area contributed by atoms with E-state index in [2.05, 4.69) is 23.6 Å². The molecule has 3 heterocycles. The molecule has 0 unspecified atom stereocenters. The Morgan fingerprint density at radius 2 is 1.97 bits per heavy atom. The van der Waals surface area contributed by atoms with Crippen LogP contribution in [0.25, 0.3) is 11.3 Å². The highest BCUT2D eigenvalue weighted by atomic mass is 19.4. The summed E-state index contributed by atoms with van der Waals surface area (Å²) in [7, 11) is 0. The van der Waals surface area contributed by atoms with E-state index in [0.717, 1.165) is 18.4 Å². The molecule has 1 aromatic carbocycles. The first kappa shape index (κ1) is 21.3. The predicted molar refractivity (Wildman–Crippen MR) is 108 cm³/mol. The molecule has 0 aliphatic carbocycles. The Hall–Kier alpha value is -2.97. The van der Waals surface area contributed by atoms with Crippen LogP contribution in [0, 0.1) is 6.92 Å². The summed E-state index contributed by atoms with van der Waals surface area (Å²) in [6, 6.07) is 4.19. The highest BCUT2D eigenvalue weighted by Gasteiger charge is 2.45. The SMILES string of the molecule is CCOC(=O)c1cn2c(cc1=O)-c1cc(OC(F)(F)F)c(C)cc1[C@H]1CCC(C)(C)N12. The van der Waals surface area contributed by atoms with Gasteiger partial charge in [0, 0.05) is 17.8 Å². The Kier molecular flexibility index (Phi) is 4.83. The standard InChI is InChI=1S/C22H23F3N2O4/c1-5-30-20(29)15-11-26-17(10-18(15)28)14-9-19(31-22(23,24)25)12(2)8-13(14)16-6-7-21(3,4)27(16)26/h8-11,16H,5-7H2,1-4H3/t16-/m1/s1. The number of carbonyl (C=O) groups is 1. The molecule has 0 radical (unpaired) electrons. The molecule has 0 saturated carbocycles. The molecule has 9 heteroatoms. The molecule has 4 rings (SSSR count). The van der Waals surface area contributed by atoms with Crippen LogP contribution in [0.1, 0.15) is 61.1 Å². The zero-order chi connectivity index (χ0) is 22.7. The van der Waals surface area contributed by atoms with Crippen molar-refractivity contribution in [1.29, 1.82) is 0 Å². The molecule has 0 bridgehead atoms. The molecule has 31 heavy (non-hydrogen) atoms.